The quantitative estimate of drug-likeness (QED) is 0.737. The third-order valence-corrected chi connectivity index (χ3v) is 4.91. The van der Waals surface area contributed by atoms with E-state index < -0.39 is 6.04 Å². The predicted octanol–water partition coefficient (Wildman–Crippen LogP) is 3.08. The van der Waals surface area contributed by atoms with Crippen molar-refractivity contribution in [1.29, 1.82) is 0 Å². The highest BCUT2D eigenvalue weighted by atomic mass is 16.2. The first kappa shape index (κ1) is 19.2. The second-order valence-electron chi connectivity index (χ2n) is 7.01. The van der Waals surface area contributed by atoms with Crippen LogP contribution >= 0.6 is 0 Å². The number of hydrogen-bond donors (Lipinski definition) is 1. The molecular weight excluding hydrogens is 316 g/mol. The van der Waals surface area contributed by atoms with Gasteiger partial charge in [0, 0.05) is 24.1 Å². The fourth-order valence-corrected chi connectivity index (χ4v) is 3.23. The molecule has 3 atom stereocenters. The Morgan fingerprint density at radius 1 is 1.24 bits per heavy atom. The molecule has 25 heavy (non-hydrogen) atoms. The maximum absolute atomic E-state index is 12.6. The van der Waals surface area contributed by atoms with Crippen molar-refractivity contribution >= 4 is 23.3 Å². The van der Waals surface area contributed by atoms with Gasteiger partial charge >= 0.3 is 0 Å². The van der Waals surface area contributed by atoms with Crippen LogP contribution in [0.25, 0.3) is 0 Å². The van der Waals surface area contributed by atoms with Crippen LogP contribution in [-0.2, 0) is 14.4 Å². The lowest BCUT2D eigenvalue weighted by atomic mass is 10.00. The van der Waals surface area contributed by atoms with Gasteiger partial charge in [0.25, 0.3) is 0 Å². The van der Waals surface area contributed by atoms with Crippen molar-refractivity contribution in [3.63, 3.8) is 0 Å². The minimum Gasteiger partial charge on any atom is -0.344 e. The molecule has 2 rings (SSSR count). The third kappa shape index (κ3) is 5.15. The number of rotatable bonds is 8. The van der Waals surface area contributed by atoms with Crippen molar-refractivity contribution in [2.45, 2.75) is 65.0 Å². The Hall–Kier alpha value is -2.17. The lowest BCUT2D eigenvalue weighted by molar-refractivity contribution is -0.126. The van der Waals surface area contributed by atoms with E-state index in [2.05, 4.69) is 5.32 Å². The monoisotopic (exact) mass is 344 g/mol. The van der Waals surface area contributed by atoms with Crippen LogP contribution in [0.2, 0.25) is 0 Å². The van der Waals surface area contributed by atoms with E-state index in [1.165, 1.54) is 0 Å². The number of carbonyl (C=O) groups is 3. The zero-order valence-electron chi connectivity index (χ0n) is 15.3. The second kappa shape index (κ2) is 8.79. The van der Waals surface area contributed by atoms with Gasteiger partial charge in [0.2, 0.25) is 11.8 Å². The summed E-state index contributed by atoms with van der Waals surface area (Å²) >= 11 is 0. The van der Waals surface area contributed by atoms with Crippen LogP contribution in [0.3, 0.4) is 0 Å². The topological polar surface area (TPSA) is 66.5 Å². The van der Waals surface area contributed by atoms with E-state index in [9.17, 15) is 14.4 Å². The summed E-state index contributed by atoms with van der Waals surface area (Å²) in [5, 5.41) is 2.87. The normalized spacial score (nSPS) is 21.2. The van der Waals surface area contributed by atoms with E-state index in [4.69, 9.17) is 0 Å². The summed E-state index contributed by atoms with van der Waals surface area (Å²) in [5.41, 5.74) is 0.870. The van der Waals surface area contributed by atoms with Gasteiger partial charge in [0.15, 0.2) is 0 Å². The molecule has 1 fully saturated rings. The number of carbonyl (C=O) groups excluding carboxylic acids is 3. The predicted molar refractivity (Wildman–Crippen MR) is 98.3 cm³/mol. The summed E-state index contributed by atoms with van der Waals surface area (Å²) < 4.78 is 0. The molecule has 2 amide bonds. The summed E-state index contributed by atoms with van der Waals surface area (Å²) in [6.45, 7) is 5.52. The summed E-state index contributed by atoms with van der Waals surface area (Å²) in [6, 6.07) is 9.17. The van der Waals surface area contributed by atoms with Crippen LogP contribution in [0.4, 0.5) is 5.69 Å². The highest BCUT2D eigenvalue weighted by Gasteiger charge is 2.38. The highest BCUT2D eigenvalue weighted by molar-refractivity contribution is 6.01. The third-order valence-electron chi connectivity index (χ3n) is 4.91. The Labute approximate surface area is 149 Å². The molecule has 0 radical (unpaired) electrons. The van der Waals surface area contributed by atoms with Gasteiger partial charge in [0.05, 0.1) is 0 Å². The minimum atomic E-state index is -0.446. The number of hydrogen-bond acceptors (Lipinski definition) is 3. The molecule has 0 spiro atoms. The number of anilines is 1. The van der Waals surface area contributed by atoms with E-state index in [-0.39, 0.29) is 29.6 Å². The van der Waals surface area contributed by atoms with E-state index in [1.807, 2.05) is 44.2 Å². The number of nitrogens with one attached hydrogen (secondary N) is 1. The number of ketones is 1. The fraction of sp³-hybridized carbons (Fsp3) is 0.550. The highest BCUT2D eigenvalue weighted by Crippen LogP contribution is 2.26. The first-order chi connectivity index (χ1) is 11.9. The van der Waals surface area contributed by atoms with Gasteiger partial charge < -0.3 is 10.2 Å². The molecule has 5 heteroatoms. The molecule has 1 aliphatic rings. The summed E-state index contributed by atoms with van der Waals surface area (Å²) in [4.78, 5) is 37.7. The number of amides is 2. The van der Waals surface area contributed by atoms with Crippen molar-refractivity contribution in [2.75, 3.05) is 4.90 Å². The number of unbranched alkanes of at least 4 members (excludes halogenated alkanes) is 1. The van der Waals surface area contributed by atoms with E-state index >= 15 is 0 Å². The van der Waals surface area contributed by atoms with Crippen molar-refractivity contribution in [3.8, 4) is 0 Å². The van der Waals surface area contributed by atoms with Gasteiger partial charge in [-0.2, -0.15) is 0 Å². The van der Waals surface area contributed by atoms with Gasteiger partial charge in [-0.3, -0.25) is 14.4 Å². The van der Waals surface area contributed by atoms with Gasteiger partial charge in [-0.15, -0.1) is 0 Å². The average molecular weight is 344 g/mol. The SMILES string of the molecule is CC(=O)[C@H](C)CCCCC(=O)N[C@@H]1C[C@H](C)N(c2ccccc2)C1=O. The van der Waals surface area contributed by atoms with Crippen LogP contribution in [0, 0.1) is 5.92 Å². The molecule has 1 N–H and O–H groups in total. The van der Waals surface area contributed by atoms with E-state index in [0.717, 1.165) is 24.9 Å². The largest absolute Gasteiger partial charge is 0.344 e. The van der Waals surface area contributed by atoms with Crippen molar-refractivity contribution < 1.29 is 14.4 Å². The van der Waals surface area contributed by atoms with Gasteiger partial charge in [-0.05, 0) is 45.2 Å². The van der Waals surface area contributed by atoms with Crippen LogP contribution in [-0.4, -0.2) is 29.7 Å². The van der Waals surface area contributed by atoms with Crippen molar-refractivity contribution in [3.05, 3.63) is 30.3 Å². The average Bonchev–Trinajstić information content (AvgIpc) is 2.85. The number of Topliss-reactive ketones (excluding diaryl/α,β-unsaturated/α-hetero) is 1. The zero-order valence-corrected chi connectivity index (χ0v) is 15.3. The molecular formula is C20H28N2O3. The molecule has 5 nitrogen and oxygen atoms in total. The molecule has 0 bridgehead atoms. The summed E-state index contributed by atoms with van der Waals surface area (Å²) in [6.07, 6.45) is 3.42. The maximum atomic E-state index is 12.6. The summed E-state index contributed by atoms with van der Waals surface area (Å²) in [5.74, 6) is 0.115. The Morgan fingerprint density at radius 3 is 2.56 bits per heavy atom. The number of benzene rings is 1. The zero-order chi connectivity index (χ0) is 18.4. The van der Waals surface area contributed by atoms with E-state index in [0.29, 0.717) is 12.8 Å². The Morgan fingerprint density at radius 2 is 1.92 bits per heavy atom. The molecule has 0 aliphatic carbocycles. The van der Waals surface area contributed by atoms with Gasteiger partial charge in [-0.25, -0.2) is 0 Å². The fourth-order valence-electron chi connectivity index (χ4n) is 3.23. The van der Waals surface area contributed by atoms with Crippen molar-refractivity contribution in [1.82, 2.24) is 5.32 Å². The van der Waals surface area contributed by atoms with Crippen molar-refractivity contribution in [2.24, 2.45) is 5.92 Å². The maximum Gasteiger partial charge on any atom is 0.249 e. The second-order valence-corrected chi connectivity index (χ2v) is 7.01. The molecule has 1 aliphatic heterocycles. The molecule has 136 valence electrons. The van der Waals surface area contributed by atoms with Gasteiger partial charge in [-0.1, -0.05) is 31.5 Å². The Kier molecular flexibility index (Phi) is 6.73. The first-order valence-corrected chi connectivity index (χ1v) is 9.08. The minimum absolute atomic E-state index is 0.0442. The van der Waals surface area contributed by atoms with E-state index in [1.54, 1.807) is 11.8 Å². The van der Waals surface area contributed by atoms with Crippen LogP contribution in [0.15, 0.2) is 30.3 Å². The van der Waals surface area contributed by atoms with Crippen LogP contribution in [0.1, 0.15) is 52.9 Å². The lowest BCUT2D eigenvalue weighted by Crippen LogP contribution is -2.41. The van der Waals surface area contributed by atoms with Crippen LogP contribution in [0.5, 0.6) is 0 Å². The Bertz CT molecular complexity index is 615. The molecule has 1 aromatic carbocycles. The smallest absolute Gasteiger partial charge is 0.249 e. The van der Waals surface area contributed by atoms with Crippen LogP contribution < -0.4 is 10.2 Å². The standard InChI is InChI=1S/C20H28N2O3/c1-14(16(3)23)9-7-8-12-19(24)21-18-13-15(2)22(20(18)25)17-10-5-4-6-11-17/h4-6,10-11,14-15,18H,7-9,12-13H2,1-3H3,(H,21,24)/t14-,15+,18-/m1/s1. The lowest BCUT2D eigenvalue weighted by Gasteiger charge is -2.21. The first-order valence-electron chi connectivity index (χ1n) is 9.08. The number of nitrogens with zero attached hydrogens (tertiary/aromatic N) is 1. The molecule has 0 aromatic heterocycles. The van der Waals surface area contributed by atoms with Gasteiger partial charge in [0.1, 0.15) is 11.8 Å². The molecule has 1 heterocycles. The Balaban J connectivity index is 1.80. The molecule has 0 saturated carbocycles. The molecule has 1 saturated heterocycles. The molecule has 0 unspecified atom stereocenters. The number of para-hydroxylation sites is 1. The molecule has 1 aromatic rings. The summed E-state index contributed by atoms with van der Waals surface area (Å²) in [7, 11) is 0.